The van der Waals surface area contributed by atoms with Crippen LogP contribution in [0.2, 0.25) is 0 Å². The molecule has 2 aromatic carbocycles. The van der Waals surface area contributed by atoms with E-state index in [2.05, 4.69) is 15.6 Å². The lowest BCUT2D eigenvalue weighted by molar-refractivity contribution is -0.118. The molecule has 0 unspecified atom stereocenters. The first-order valence-corrected chi connectivity index (χ1v) is 11.8. The maximum Gasteiger partial charge on any atom is 0.408 e. The second-order valence-electron chi connectivity index (χ2n) is 9.81. The van der Waals surface area contributed by atoms with E-state index >= 15 is 0 Å². The van der Waals surface area contributed by atoms with Gasteiger partial charge in [0.1, 0.15) is 34.8 Å². The maximum atomic E-state index is 13.1. The summed E-state index contributed by atoms with van der Waals surface area (Å²) in [5.41, 5.74) is 0.808. The number of hydrogen-bond donors (Lipinski definition) is 2. The van der Waals surface area contributed by atoms with Crippen molar-refractivity contribution in [1.82, 2.24) is 10.3 Å². The van der Waals surface area contributed by atoms with E-state index in [0.29, 0.717) is 29.4 Å². The molecule has 1 atom stereocenters. The summed E-state index contributed by atoms with van der Waals surface area (Å²) in [6.07, 6.45) is -0.201. The summed E-state index contributed by atoms with van der Waals surface area (Å²) in [4.78, 5) is 29.8. The van der Waals surface area contributed by atoms with Gasteiger partial charge in [-0.2, -0.15) is 0 Å². The summed E-state index contributed by atoms with van der Waals surface area (Å²) >= 11 is 0. The van der Waals surface area contributed by atoms with E-state index in [1.54, 1.807) is 57.2 Å². The van der Waals surface area contributed by atoms with E-state index in [9.17, 15) is 14.0 Å². The van der Waals surface area contributed by atoms with Gasteiger partial charge in [0.15, 0.2) is 0 Å². The molecule has 2 N–H and O–H groups in total. The molecule has 3 rings (SSSR count). The predicted octanol–water partition coefficient (Wildman–Crippen LogP) is 6.56. The molecule has 7 nitrogen and oxygen atoms in total. The van der Waals surface area contributed by atoms with Gasteiger partial charge in [-0.05, 0) is 93.8 Å². The van der Waals surface area contributed by atoms with Crippen LogP contribution < -0.4 is 15.4 Å². The minimum Gasteiger partial charge on any atom is -0.457 e. The smallest absolute Gasteiger partial charge is 0.408 e. The molecule has 0 saturated heterocycles. The average Bonchev–Trinajstić information content (AvgIpc) is 2.79. The van der Waals surface area contributed by atoms with Crippen molar-refractivity contribution < 1.29 is 23.5 Å². The van der Waals surface area contributed by atoms with Crippen LogP contribution in [-0.2, 0) is 9.53 Å². The van der Waals surface area contributed by atoms with Gasteiger partial charge in [0.05, 0.1) is 5.69 Å². The van der Waals surface area contributed by atoms with E-state index in [1.165, 1.54) is 12.1 Å². The summed E-state index contributed by atoms with van der Waals surface area (Å²) < 4.78 is 24.1. The molecule has 0 bridgehead atoms. The SMILES string of the molecule is CC(C)C[C@H](NC(=O)OC(C)(C)C)C(=O)Nc1cccc(-c2ccc(Oc3ccc(F)cc3)cc2)n1. The van der Waals surface area contributed by atoms with Gasteiger partial charge >= 0.3 is 6.09 Å². The van der Waals surface area contributed by atoms with Crippen molar-refractivity contribution in [3.63, 3.8) is 0 Å². The van der Waals surface area contributed by atoms with Gasteiger partial charge in [0.25, 0.3) is 0 Å². The molecule has 36 heavy (non-hydrogen) atoms. The van der Waals surface area contributed by atoms with Crippen LogP contribution in [0.15, 0.2) is 66.7 Å². The molecular formula is C28H32FN3O4. The minimum atomic E-state index is -0.770. The number of anilines is 1. The third-order valence-electron chi connectivity index (χ3n) is 4.91. The number of amides is 2. The van der Waals surface area contributed by atoms with Gasteiger partial charge in [0.2, 0.25) is 5.91 Å². The Morgan fingerprint density at radius 3 is 2.14 bits per heavy atom. The fraction of sp³-hybridized carbons (Fsp3) is 0.321. The van der Waals surface area contributed by atoms with Crippen molar-refractivity contribution >= 4 is 17.8 Å². The second kappa shape index (κ2) is 11.7. The number of nitrogens with one attached hydrogen (secondary N) is 2. The van der Waals surface area contributed by atoms with Crippen LogP contribution in [0.25, 0.3) is 11.3 Å². The first kappa shape index (κ1) is 26.7. The molecule has 0 saturated carbocycles. The molecule has 1 heterocycles. The fourth-order valence-electron chi connectivity index (χ4n) is 3.36. The van der Waals surface area contributed by atoms with Crippen LogP contribution in [0.1, 0.15) is 41.0 Å². The van der Waals surface area contributed by atoms with Gasteiger partial charge in [-0.3, -0.25) is 4.79 Å². The number of alkyl carbamates (subject to hydrolysis) is 1. The van der Waals surface area contributed by atoms with E-state index < -0.39 is 17.7 Å². The normalized spacial score (nSPS) is 12.1. The third-order valence-corrected chi connectivity index (χ3v) is 4.91. The van der Waals surface area contributed by atoms with Crippen LogP contribution in [0.3, 0.4) is 0 Å². The largest absolute Gasteiger partial charge is 0.457 e. The quantitative estimate of drug-likeness (QED) is 0.371. The Balaban J connectivity index is 1.68. The number of benzene rings is 2. The standard InChI is InChI=1S/C28H32FN3O4/c1-18(2)17-24(31-27(34)36-28(3,4)5)26(33)32-25-8-6-7-23(30-25)19-9-13-21(14-10-19)35-22-15-11-20(29)12-16-22/h6-16,18,24H,17H2,1-5H3,(H,31,34)(H,30,32,33)/t24-/m0/s1. The highest BCUT2D eigenvalue weighted by Gasteiger charge is 2.25. The third kappa shape index (κ3) is 8.37. The van der Waals surface area contributed by atoms with E-state index in [0.717, 1.165) is 5.56 Å². The van der Waals surface area contributed by atoms with Crippen molar-refractivity contribution in [3.8, 4) is 22.8 Å². The van der Waals surface area contributed by atoms with Crippen molar-refractivity contribution in [2.45, 2.75) is 52.7 Å². The zero-order valence-electron chi connectivity index (χ0n) is 21.2. The number of pyridine rings is 1. The van der Waals surface area contributed by atoms with Crippen molar-refractivity contribution in [2.24, 2.45) is 5.92 Å². The van der Waals surface area contributed by atoms with Crippen molar-refractivity contribution in [3.05, 3.63) is 72.5 Å². The number of nitrogens with zero attached hydrogens (tertiary/aromatic N) is 1. The zero-order valence-corrected chi connectivity index (χ0v) is 21.2. The Morgan fingerprint density at radius 1 is 0.944 bits per heavy atom. The van der Waals surface area contributed by atoms with Crippen LogP contribution in [0, 0.1) is 11.7 Å². The van der Waals surface area contributed by atoms with Crippen molar-refractivity contribution in [1.29, 1.82) is 0 Å². The first-order valence-electron chi connectivity index (χ1n) is 11.8. The number of rotatable bonds is 8. The molecule has 190 valence electrons. The molecule has 0 fully saturated rings. The molecule has 2 amide bonds. The van der Waals surface area contributed by atoms with Crippen LogP contribution in [0.5, 0.6) is 11.5 Å². The van der Waals surface area contributed by atoms with Crippen molar-refractivity contribution in [2.75, 3.05) is 5.32 Å². The van der Waals surface area contributed by atoms with Crippen LogP contribution >= 0.6 is 0 Å². The lowest BCUT2D eigenvalue weighted by Gasteiger charge is -2.24. The summed E-state index contributed by atoms with van der Waals surface area (Å²) in [6, 6.07) is 17.6. The topological polar surface area (TPSA) is 89.5 Å². The maximum absolute atomic E-state index is 13.1. The Kier molecular flexibility index (Phi) is 8.64. The molecular weight excluding hydrogens is 461 g/mol. The minimum absolute atomic E-state index is 0.172. The average molecular weight is 494 g/mol. The molecule has 8 heteroatoms. The number of carbonyl (C=O) groups excluding carboxylic acids is 2. The number of hydrogen-bond acceptors (Lipinski definition) is 5. The van der Waals surface area contributed by atoms with Gasteiger partial charge in [-0.1, -0.05) is 19.9 Å². The highest BCUT2D eigenvalue weighted by Crippen LogP contribution is 2.26. The molecule has 0 radical (unpaired) electrons. The van der Waals surface area contributed by atoms with E-state index in [4.69, 9.17) is 9.47 Å². The number of halogens is 1. The summed E-state index contributed by atoms with van der Waals surface area (Å²) in [7, 11) is 0. The first-order chi connectivity index (χ1) is 17.0. The Morgan fingerprint density at radius 2 is 1.56 bits per heavy atom. The summed E-state index contributed by atoms with van der Waals surface area (Å²) in [5.74, 6) is 0.964. The monoisotopic (exact) mass is 493 g/mol. The lowest BCUT2D eigenvalue weighted by Crippen LogP contribution is -2.46. The van der Waals surface area contributed by atoms with Gasteiger partial charge in [-0.25, -0.2) is 14.2 Å². The van der Waals surface area contributed by atoms with E-state index in [1.807, 2.05) is 32.0 Å². The molecule has 0 aliphatic carbocycles. The van der Waals surface area contributed by atoms with Gasteiger partial charge in [0, 0.05) is 5.56 Å². The second-order valence-corrected chi connectivity index (χ2v) is 9.81. The number of ether oxygens (including phenoxy) is 2. The van der Waals surface area contributed by atoms with E-state index in [-0.39, 0.29) is 17.6 Å². The zero-order chi connectivity index (χ0) is 26.3. The molecule has 3 aromatic rings. The summed E-state index contributed by atoms with van der Waals surface area (Å²) in [5, 5.41) is 5.46. The Labute approximate surface area is 211 Å². The van der Waals surface area contributed by atoms with Crippen LogP contribution in [0.4, 0.5) is 15.0 Å². The molecule has 0 aliphatic heterocycles. The Hall–Kier alpha value is -3.94. The number of carbonyl (C=O) groups is 2. The van der Waals surface area contributed by atoms with Gasteiger partial charge < -0.3 is 20.1 Å². The molecule has 1 aromatic heterocycles. The number of aromatic nitrogens is 1. The fourth-order valence-corrected chi connectivity index (χ4v) is 3.36. The predicted molar refractivity (Wildman–Crippen MR) is 137 cm³/mol. The summed E-state index contributed by atoms with van der Waals surface area (Å²) in [6.45, 7) is 9.24. The molecule has 0 aliphatic rings. The lowest BCUT2D eigenvalue weighted by atomic mass is 10.0. The molecule has 0 spiro atoms. The van der Waals surface area contributed by atoms with Crippen LogP contribution in [-0.4, -0.2) is 28.6 Å². The highest BCUT2D eigenvalue weighted by atomic mass is 19.1. The van der Waals surface area contributed by atoms with Gasteiger partial charge in [-0.15, -0.1) is 0 Å². The Bertz CT molecular complexity index is 1170. The highest BCUT2D eigenvalue weighted by molar-refractivity contribution is 5.96.